The van der Waals surface area contributed by atoms with E-state index in [0.29, 0.717) is 11.5 Å². The summed E-state index contributed by atoms with van der Waals surface area (Å²) in [5, 5.41) is 16.4. The molecule has 1 amide bonds. The number of aliphatic carboxylic acids is 1. The normalized spacial score (nSPS) is 10.9. The summed E-state index contributed by atoms with van der Waals surface area (Å²) in [6.45, 7) is 1.95. The minimum Gasteiger partial charge on any atom is -0.476 e. The van der Waals surface area contributed by atoms with E-state index in [1.54, 1.807) is 6.92 Å². The van der Waals surface area contributed by atoms with Gasteiger partial charge in [-0.3, -0.25) is 4.79 Å². The highest BCUT2D eigenvalue weighted by Crippen LogP contribution is 2.15. The van der Waals surface area contributed by atoms with E-state index in [2.05, 4.69) is 20.3 Å². The molecule has 0 bridgehead atoms. The first-order valence-electron chi connectivity index (χ1n) is 4.28. The van der Waals surface area contributed by atoms with Crippen LogP contribution in [0.25, 0.3) is 0 Å². The van der Waals surface area contributed by atoms with E-state index in [-0.39, 0.29) is 18.0 Å². The van der Waals surface area contributed by atoms with Crippen LogP contribution in [0.15, 0.2) is 10.5 Å². The molecule has 0 fully saturated rings. The van der Waals surface area contributed by atoms with Gasteiger partial charge in [0.1, 0.15) is 12.3 Å². The average Bonchev–Trinajstić information content (AvgIpc) is 2.67. The molecule has 0 aromatic carbocycles. The van der Waals surface area contributed by atoms with Gasteiger partial charge in [-0.05, 0) is 6.92 Å². The summed E-state index contributed by atoms with van der Waals surface area (Å²) in [5.41, 5.74) is -0.146. The van der Waals surface area contributed by atoms with Crippen molar-refractivity contribution in [3.63, 3.8) is 0 Å². The molecule has 0 spiro atoms. The zero-order valence-corrected chi connectivity index (χ0v) is 9.15. The molecule has 1 aromatic rings. The predicted octanol–water partition coefficient (Wildman–Crippen LogP) is 0.537. The van der Waals surface area contributed by atoms with Crippen molar-refractivity contribution >= 4 is 34.6 Å². The number of oxime groups is 1. The van der Waals surface area contributed by atoms with Crippen molar-refractivity contribution in [1.29, 1.82) is 0 Å². The van der Waals surface area contributed by atoms with Crippen LogP contribution in [0.1, 0.15) is 12.6 Å². The first kappa shape index (κ1) is 12.1. The maximum Gasteiger partial charge on any atom is 0.360 e. The Morgan fingerprint density at radius 2 is 2.56 bits per heavy atom. The van der Waals surface area contributed by atoms with Gasteiger partial charge in [-0.25, -0.2) is 9.78 Å². The van der Waals surface area contributed by atoms with E-state index in [0.717, 1.165) is 11.3 Å². The van der Waals surface area contributed by atoms with Crippen LogP contribution in [0.5, 0.6) is 0 Å². The summed E-state index contributed by atoms with van der Waals surface area (Å²) < 4.78 is 0. The standard InChI is InChI=1S/C8H9N3O4S/c1-2-15-11-6(7(13)14)5-3-16-8(10-5)9-4-12/h3-4H,2H2,1H3,(H,13,14)(H,9,10,12). The lowest BCUT2D eigenvalue weighted by Crippen LogP contribution is -2.15. The molecule has 0 saturated heterocycles. The Hall–Kier alpha value is -1.96. The van der Waals surface area contributed by atoms with Crippen molar-refractivity contribution in [3.8, 4) is 0 Å². The molecule has 0 aliphatic carbocycles. The highest BCUT2D eigenvalue weighted by Gasteiger charge is 2.17. The van der Waals surface area contributed by atoms with Gasteiger partial charge in [-0.2, -0.15) is 0 Å². The van der Waals surface area contributed by atoms with E-state index in [1.165, 1.54) is 5.38 Å². The molecule has 16 heavy (non-hydrogen) atoms. The van der Waals surface area contributed by atoms with Crippen molar-refractivity contribution in [2.24, 2.45) is 5.16 Å². The van der Waals surface area contributed by atoms with Gasteiger partial charge in [-0.1, -0.05) is 5.16 Å². The van der Waals surface area contributed by atoms with Crippen molar-refractivity contribution in [2.75, 3.05) is 11.9 Å². The molecule has 1 aromatic heterocycles. The number of thiazole rings is 1. The topological polar surface area (TPSA) is 101 Å². The fraction of sp³-hybridized carbons (Fsp3) is 0.250. The summed E-state index contributed by atoms with van der Waals surface area (Å²) in [5.74, 6) is -1.24. The predicted molar refractivity (Wildman–Crippen MR) is 57.6 cm³/mol. The highest BCUT2D eigenvalue weighted by molar-refractivity contribution is 7.14. The molecule has 0 radical (unpaired) electrons. The maximum atomic E-state index is 10.8. The van der Waals surface area contributed by atoms with Crippen LogP contribution in [-0.4, -0.2) is 34.8 Å². The van der Waals surface area contributed by atoms with Gasteiger partial charge >= 0.3 is 5.97 Å². The lowest BCUT2D eigenvalue weighted by atomic mass is 10.3. The zero-order valence-electron chi connectivity index (χ0n) is 8.34. The van der Waals surface area contributed by atoms with Gasteiger partial charge in [0.2, 0.25) is 12.1 Å². The molecule has 0 aliphatic heterocycles. The Balaban J connectivity index is 2.92. The number of carbonyl (C=O) groups is 2. The molecule has 7 nitrogen and oxygen atoms in total. The van der Waals surface area contributed by atoms with Crippen molar-refractivity contribution in [2.45, 2.75) is 6.92 Å². The Kier molecular flexibility index (Phi) is 4.40. The van der Waals surface area contributed by atoms with Crippen LogP contribution in [0, 0.1) is 0 Å². The summed E-state index contributed by atoms with van der Waals surface area (Å²) in [4.78, 5) is 29.5. The third kappa shape index (κ3) is 3.02. The fourth-order valence-electron chi connectivity index (χ4n) is 0.824. The molecule has 0 unspecified atom stereocenters. The molecule has 0 atom stereocenters. The van der Waals surface area contributed by atoms with E-state index in [1.807, 2.05) is 0 Å². The van der Waals surface area contributed by atoms with E-state index >= 15 is 0 Å². The summed E-state index contributed by atoms with van der Waals surface area (Å²) in [6, 6.07) is 0. The lowest BCUT2D eigenvalue weighted by molar-refractivity contribution is -0.129. The summed E-state index contributed by atoms with van der Waals surface area (Å²) in [7, 11) is 0. The zero-order chi connectivity index (χ0) is 12.0. The number of hydrogen-bond donors (Lipinski definition) is 2. The number of rotatable bonds is 6. The number of aromatic nitrogens is 1. The average molecular weight is 243 g/mol. The number of carbonyl (C=O) groups excluding carboxylic acids is 1. The monoisotopic (exact) mass is 243 g/mol. The SMILES string of the molecule is CCON=C(C(=O)O)c1csc(NC=O)n1. The number of nitrogens with zero attached hydrogens (tertiary/aromatic N) is 2. The summed E-state index contributed by atoms with van der Waals surface area (Å²) in [6.07, 6.45) is 0.461. The van der Waals surface area contributed by atoms with Gasteiger partial charge in [0.25, 0.3) is 0 Å². The Morgan fingerprint density at radius 3 is 3.12 bits per heavy atom. The van der Waals surface area contributed by atoms with Crippen molar-refractivity contribution < 1.29 is 19.5 Å². The minimum absolute atomic E-state index is 0.148. The van der Waals surface area contributed by atoms with Crippen LogP contribution in [0.3, 0.4) is 0 Å². The van der Waals surface area contributed by atoms with Crippen molar-refractivity contribution in [1.82, 2.24) is 4.98 Å². The van der Waals surface area contributed by atoms with Gasteiger partial charge in [0.05, 0.1) is 0 Å². The molecule has 1 heterocycles. The maximum absolute atomic E-state index is 10.8. The van der Waals surface area contributed by atoms with Gasteiger partial charge in [0.15, 0.2) is 5.13 Å². The molecule has 0 saturated carbocycles. The Morgan fingerprint density at radius 1 is 1.81 bits per heavy atom. The second-order valence-electron chi connectivity index (χ2n) is 2.46. The molecule has 0 aliphatic rings. The van der Waals surface area contributed by atoms with E-state index in [9.17, 15) is 9.59 Å². The number of amides is 1. The Bertz CT molecular complexity index is 415. The van der Waals surface area contributed by atoms with Crippen LogP contribution in [-0.2, 0) is 14.4 Å². The molecular formula is C8H9N3O4S. The Labute approximate surface area is 94.7 Å². The number of nitrogens with one attached hydrogen (secondary N) is 1. The van der Waals surface area contributed by atoms with E-state index in [4.69, 9.17) is 5.11 Å². The largest absolute Gasteiger partial charge is 0.476 e. The van der Waals surface area contributed by atoms with Crippen LogP contribution < -0.4 is 5.32 Å². The first-order chi connectivity index (χ1) is 7.69. The second kappa shape index (κ2) is 5.81. The molecule has 1 rings (SSSR count). The quantitative estimate of drug-likeness (QED) is 0.431. The van der Waals surface area contributed by atoms with Crippen LogP contribution in [0.2, 0.25) is 0 Å². The number of carboxylic acids is 1. The molecular weight excluding hydrogens is 234 g/mol. The number of carboxylic acid groups (broad SMARTS) is 1. The third-order valence-corrected chi connectivity index (χ3v) is 2.19. The van der Waals surface area contributed by atoms with Gasteiger partial charge in [-0.15, -0.1) is 11.3 Å². The second-order valence-corrected chi connectivity index (χ2v) is 3.32. The van der Waals surface area contributed by atoms with Crippen LogP contribution >= 0.6 is 11.3 Å². The third-order valence-electron chi connectivity index (χ3n) is 1.42. The fourth-order valence-corrected chi connectivity index (χ4v) is 1.48. The van der Waals surface area contributed by atoms with E-state index < -0.39 is 5.97 Å². The first-order valence-corrected chi connectivity index (χ1v) is 5.16. The molecule has 8 heteroatoms. The minimum atomic E-state index is -1.24. The van der Waals surface area contributed by atoms with Gasteiger partial charge < -0.3 is 15.3 Å². The molecule has 2 N–H and O–H groups in total. The molecule has 86 valence electrons. The lowest BCUT2D eigenvalue weighted by Gasteiger charge is -1.97. The van der Waals surface area contributed by atoms with Gasteiger partial charge in [0, 0.05) is 5.38 Å². The number of hydrogen-bond acceptors (Lipinski definition) is 6. The van der Waals surface area contributed by atoms with Crippen LogP contribution in [0.4, 0.5) is 5.13 Å². The number of anilines is 1. The highest BCUT2D eigenvalue weighted by atomic mass is 32.1. The smallest absolute Gasteiger partial charge is 0.360 e. The van der Waals surface area contributed by atoms with Crippen molar-refractivity contribution in [3.05, 3.63) is 11.1 Å². The summed E-state index contributed by atoms with van der Waals surface area (Å²) >= 11 is 1.10.